The average Bonchev–Trinajstić information content (AvgIpc) is 3.41. The second-order valence-corrected chi connectivity index (χ2v) is 6.73. The van der Waals surface area contributed by atoms with Gasteiger partial charge in [-0.15, -0.1) is 11.3 Å². The fourth-order valence-corrected chi connectivity index (χ4v) is 3.42. The van der Waals surface area contributed by atoms with E-state index in [-0.39, 0.29) is 11.7 Å². The summed E-state index contributed by atoms with van der Waals surface area (Å²) in [7, 11) is 1.64. The lowest BCUT2D eigenvalue weighted by Gasteiger charge is -2.08. The minimum atomic E-state index is -0.293. The Bertz CT molecular complexity index is 1090. The molecule has 2 N–H and O–H groups in total. The first-order valence-electron chi connectivity index (χ1n) is 8.54. The van der Waals surface area contributed by atoms with Crippen LogP contribution in [0.5, 0.6) is 5.75 Å². The van der Waals surface area contributed by atoms with Crippen molar-refractivity contribution in [3.8, 4) is 17.0 Å². The number of methoxy groups -OCH3 is 1. The Morgan fingerprint density at radius 2 is 2.00 bits per heavy atom. The molecule has 0 aliphatic carbocycles. The highest BCUT2D eigenvalue weighted by Crippen LogP contribution is 2.31. The number of para-hydroxylation sites is 2. The van der Waals surface area contributed by atoms with E-state index in [1.165, 1.54) is 17.6 Å². The van der Waals surface area contributed by atoms with Crippen LogP contribution < -0.4 is 15.4 Å². The molecule has 2 aromatic carbocycles. The highest BCUT2D eigenvalue weighted by molar-refractivity contribution is 7.14. The zero-order chi connectivity index (χ0) is 19.3. The van der Waals surface area contributed by atoms with Crippen LogP contribution >= 0.6 is 11.3 Å². The number of nitrogens with one attached hydrogen (secondary N) is 2. The van der Waals surface area contributed by atoms with E-state index in [9.17, 15) is 4.79 Å². The second kappa shape index (κ2) is 7.98. The van der Waals surface area contributed by atoms with Crippen LogP contribution in [0.1, 0.15) is 10.6 Å². The Kier molecular flexibility index (Phi) is 5.07. The van der Waals surface area contributed by atoms with Gasteiger partial charge in [0.15, 0.2) is 10.9 Å². The van der Waals surface area contributed by atoms with Crippen LogP contribution in [-0.4, -0.2) is 18.0 Å². The number of benzene rings is 2. The number of furan rings is 1. The summed E-state index contributed by atoms with van der Waals surface area (Å²) in [4.78, 5) is 16.8. The molecular weight excluding hydrogens is 374 g/mol. The fourth-order valence-electron chi connectivity index (χ4n) is 2.68. The van der Waals surface area contributed by atoms with Gasteiger partial charge in [-0.2, -0.15) is 0 Å². The van der Waals surface area contributed by atoms with Gasteiger partial charge in [0.05, 0.1) is 24.8 Å². The molecule has 2 aromatic heterocycles. The largest absolute Gasteiger partial charge is 0.495 e. The monoisotopic (exact) mass is 391 g/mol. The molecule has 0 saturated carbocycles. The van der Waals surface area contributed by atoms with E-state index in [0.29, 0.717) is 5.69 Å². The van der Waals surface area contributed by atoms with Crippen molar-refractivity contribution in [2.75, 3.05) is 17.7 Å². The lowest BCUT2D eigenvalue weighted by atomic mass is 10.1. The Labute approximate surface area is 165 Å². The van der Waals surface area contributed by atoms with Crippen LogP contribution in [0.25, 0.3) is 11.3 Å². The van der Waals surface area contributed by atoms with Crippen LogP contribution in [0.2, 0.25) is 0 Å². The third kappa shape index (κ3) is 3.89. The number of carbonyl (C=O) groups is 1. The van der Waals surface area contributed by atoms with E-state index in [0.717, 1.165) is 27.8 Å². The number of nitrogens with zero attached hydrogens (tertiary/aromatic N) is 1. The summed E-state index contributed by atoms with van der Waals surface area (Å²) >= 11 is 1.50. The summed E-state index contributed by atoms with van der Waals surface area (Å²) in [6, 6.07) is 18.5. The van der Waals surface area contributed by atoms with E-state index >= 15 is 0 Å². The van der Waals surface area contributed by atoms with Crippen molar-refractivity contribution in [1.29, 1.82) is 0 Å². The molecule has 0 radical (unpaired) electrons. The lowest BCUT2D eigenvalue weighted by molar-refractivity contribution is 0.0996. The number of aromatic nitrogens is 1. The number of ether oxygens (including phenoxy) is 1. The predicted octanol–water partition coefficient (Wildman–Crippen LogP) is 5.41. The van der Waals surface area contributed by atoms with Crippen LogP contribution in [0.4, 0.5) is 16.5 Å². The standard InChI is InChI=1S/C21H17N3O3S/c1-26-18-9-3-2-8-16(18)23-21-24-17(13-28-21)14-6-4-7-15(12-14)22-20(25)19-10-5-11-27-19/h2-13H,1H3,(H,22,25)(H,23,24). The zero-order valence-electron chi connectivity index (χ0n) is 15.0. The number of thiazole rings is 1. The van der Waals surface area contributed by atoms with Crippen molar-refractivity contribution >= 4 is 33.8 Å². The van der Waals surface area contributed by atoms with E-state index < -0.39 is 0 Å². The van der Waals surface area contributed by atoms with Crippen LogP contribution in [0, 0.1) is 0 Å². The average molecular weight is 391 g/mol. The van der Waals surface area contributed by atoms with E-state index in [1.807, 2.05) is 53.9 Å². The molecule has 4 aromatic rings. The molecule has 0 unspecified atom stereocenters. The molecule has 0 saturated heterocycles. The van der Waals surface area contributed by atoms with E-state index in [4.69, 9.17) is 9.15 Å². The lowest BCUT2D eigenvalue weighted by Crippen LogP contribution is -2.10. The molecular formula is C21H17N3O3S. The maximum Gasteiger partial charge on any atom is 0.291 e. The van der Waals surface area contributed by atoms with E-state index in [2.05, 4.69) is 15.6 Å². The molecule has 0 atom stereocenters. The second-order valence-electron chi connectivity index (χ2n) is 5.88. The summed E-state index contributed by atoms with van der Waals surface area (Å²) in [5, 5.41) is 8.82. The van der Waals surface area contributed by atoms with Crippen molar-refractivity contribution in [2.24, 2.45) is 0 Å². The third-order valence-electron chi connectivity index (χ3n) is 4.01. The first kappa shape index (κ1) is 17.8. The van der Waals surface area contributed by atoms with Gasteiger partial charge in [-0.1, -0.05) is 24.3 Å². The summed E-state index contributed by atoms with van der Waals surface area (Å²) in [5.74, 6) is 0.725. The van der Waals surface area contributed by atoms with Crippen molar-refractivity contribution in [3.63, 3.8) is 0 Å². The van der Waals surface area contributed by atoms with Gasteiger partial charge in [0.1, 0.15) is 5.75 Å². The molecule has 0 bridgehead atoms. The normalized spacial score (nSPS) is 10.5. The fraction of sp³-hybridized carbons (Fsp3) is 0.0476. The van der Waals surface area contributed by atoms with Crippen molar-refractivity contribution < 1.29 is 13.9 Å². The maximum atomic E-state index is 12.2. The molecule has 28 heavy (non-hydrogen) atoms. The smallest absolute Gasteiger partial charge is 0.291 e. The molecule has 0 aliphatic heterocycles. The summed E-state index contributed by atoms with van der Waals surface area (Å²) in [6.07, 6.45) is 1.47. The van der Waals surface area contributed by atoms with Gasteiger partial charge in [-0.05, 0) is 36.4 Å². The number of hydrogen-bond acceptors (Lipinski definition) is 6. The maximum absolute atomic E-state index is 12.2. The van der Waals surface area contributed by atoms with Gasteiger partial charge in [-0.3, -0.25) is 4.79 Å². The van der Waals surface area contributed by atoms with Gasteiger partial charge in [0.2, 0.25) is 0 Å². The van der Waals surface area contributed by atoms with Crippen LogP contribution in [0.15, 0.2) is 76.7 Å². The molecule has 4 rings (SSSR count). The van der Waals surface area contributed by atoms with Gasteiger partial charge >= 0.3 is 0 Å². The summed E-state index contributed by atoms with van der Waals surface area (Å²) < 4.78 is 10.5. The third-order valence-corrected chi connectivity index (χ3v) is 4.77. The highest BCUT2D eigenvalue weighted by atomic mass is 32.1. The van der Waals surface area contributed by atoms with Crippen molar-refractivity contribution in [1.82, 2.24) is 4.98 Å². The predicted molar refractivity (Wildman–Crippen MR) is 110 cm³/mol. The highest BCUT2D eigenvalue weighted by Gasteiger charge is 2.11. The topological polar surface area (TPSA) is 76.4 Å². The van der Waals surface area contributed by atoms with Gasteiger partial charge in [0.25, 0.3) is 5.91 Å². The minimum absolute atomic E-state index is 0.266. The SMILES string of the molecule is COc1ccccc1Nc1nc(-c2cccc(NC(=O)c3ccco3)c2)cs1. The van der Waals surface area contributed by atoms with Gasteiger partial charge in [-0.25, -0.2) is 4.98 Å². The minimum Gasteiger partial charge on any atom is -0.495 e. The number of carbonyl (C=O) groups excluding carboxylic acids is 1. The summed E-state index contributed by atoms with van der Waals surface area (Å²) in [6.45, 7) is 0. The first-order valence-corrected chi connectivity index (χ1v) is 9.42. The van der Waals surface area contributed by atoms with Gasteiger partial charge < -0.3 is 19.8 Å². The molecule has 0 fully saturated rings. The molecule has 2 heterocycles. The van der Waals surface area contributed by atoms with Crippen LogP contribution in [-0.2, 0) is 0 Å². The molecule has 140 valence electrons. The Balaban J connectivity index is 1.51. The van der Waals surface area contributed by atoms with E-state index in [1.54, 1.807) is 19.2 Å². The zero-order valence-corrected chi connectivity index (χ0v) is 15.8. The van der Waals surface area contributed by atoms with Crippen molar-refractivity contribution in [3.05, 3.63) is 78.1 Å². The molecule has 0 spiro atoms. The number of hydrogen-bond donors (Lipinski definition) is 2. The number of amides is 1. The Morgan fingerprint density at radius 1 is 1.11 bits per heavy atom. The van der Waals surface area contributed by atoms with Crippen LogP contribution in [0.3, 0.4) is 0 Å². The number of anilines is 3. The van der Waals surface area contributed by atoms with Gasteiger partial charge in [0, 0.05) is 16.6 Å². The first-order chi connectivity index (χ1) is 13.7. The Morgan fingerprint density at radius 3 is 2.82 bits per heavy atom. The Hall–Kier alpha value is -3.58. The summed E-state index contributed by atoms with van der Waals surface area (Å²) in [5.41, 5.74) is 3.24. The quantitative estimate of drug-likeness (QED) is 0.460. The van der Waals surface area contributed by atoms with Crippen molar-refractivity contribution in [2.45, 2.75) is 0 Å². The molecule has 0 aliphatic rings. The number of rotatable bonds is 6. The molecule has 7 heteroatoms. The molecule has 1 amide bonds. The molecule has 6 nitrogen and oxygen atoms in total.